The van der Waals surface area contributed by atoms with E-state index >= 15 is 0 Å². The molecule has 0 aromatic heterocycles. The van der Waals surface area contributed by atoms with Crippen LogP contribution >= 0.6 is 0 Å². The third-order valence-corrected chi connectivity index (χ3v) is 3.80. The van der Waals surface area contributed by atoms with Crippen molar-refractivity contribution in [2.24, 2.45) is 10.1 Å². The van der Waals surface area contributed by atoms with Crippen LogP contribution < -0.4 is 5.14 Å². The maximum absolute atomic E-state index is 11.1. The molecule has 2 rings (SSSR count). The van der Waals surface area contributed by atoms with Crippen molar-refractivity contribution in [2.45, 2.75) is 4.90 Å². The molecule has 7 nitrogen and oxygen atoms in total. The van der Waals surface area contributed by atoms with Crippen LogP contribution in [0.1, 0.15) is 5.56 Å². The Bertz CT molecular complexity index is 855. The van der Waals surface area contributed by atoms with Gasteiger partial charge in [0.25, 0.3) is 5.69 Å². The summed E-state index contributed by atoms with van der Waals surface area (Å²) in [4.78, 5) is 14.2. The highest BCUT2D eigenvalue weighted by Crippen LogP contribution is 2.15. The van der Waals surface area contributed by atoms with E-state index in [-0.39, 0.29) is 10.6 Å². The van der Waals surface area contributed by atoms with Crippen LogP contribution in [0.25, 0.3) is 6.08 Å². The third-order valence-electron chi connectivity index (χ3n) is 2.87. The van der Waals surface area contributed by atoms with E-state index in [9.17, 15) is 18.5 Å². The van der Waals surface area contributed by atoms with E-state index in [1.54, 1.807) is 24.3 Å². The quantitative estimate of drug-likeness (QED) is 0.515. The minimum atomic E-state index is -3.70. The third kappa shape index (κ3) is 4.83. The second-order valence-electron chi connectivity index (χ2n) is 4.52. The Kier molecular flexibility index (Phi) is 4.99. The number of hydrogen-bond acceptors (Lipinski definition) is 5. The molecule has 0 bridgehead atoms. The molecule has 2 aromatic rings. The number of primary sulfonamides is 1. The van der Waals surface area contributed by atoms with Gasteiger partial charge in [0.1, 0.15) is 0 Å². The Hall–Kier alpha value is -2.84. The van der Waals surface area contributed by atoms with Gasteiger partial charge in [-0.3, -0.25) is 15.1 Å². The van der Waals surface area contributed by atoms with E-state index < -0.39 is 14.9 Å². The Morgan fingerprint density at radius 3 is 2.17 bits per heavy atom. The summed E-state index contributed by atoms with van der Waals surface area (Å²) in [6.07, 6.45) is 4.95. The SMILES string of the molecule is NS(=O)(=O)c1ccc(N=C/C=C/c2ccc([N+](=O)[O-])cc2)cc1. The summed E-state index contributed by atoms with van der Waals surface area (Å²) < 4.78 is 22.2. The van der Waals surface area contributed by atoms with Gasteiger partial charge in [-0.2, -0.15) is 0 Å². The standard InChI is InChI=1S/C15H13N3O4S/c16-23(21,22)15-9-5-13(6-10-15)17-11-1-2-12-3-7-14(8-4-12)18(19)20/h1-11H,(H2,16,21,22)/b2-1+,17-11?. The molecule has 23 heavy (non-hydrogen) atoms. The number of sulfonamides is 1. The molecule has 0 heterocycles. The van der Waals surface area contributed by atoms with Crippen molar-refractivity contribution < 1.29 is 13.3 Å². The minimum absolute atomic E-state index is 0.0258. The number of rotatable bonds is 5. The van der Waals surface area contributed by atoms with Gasteiger partial charge in [0, 0.05) is 18.3 Å². The number of aliphatic imine (C=N–C) groups is 1. The molecule has 0 aliphatic heterocycles. The van der Waals surface area contributed by atoms with Crippen LogP contribution in [0.15, 0.2) is 64.5 Å². The first-order valence-electron chi connectivity index (χ1n) is 6.44. The number of nitro groups is 1. The molecule has 0 saturated carbocycles. The average molecular weight is 331 g/mol. The number of nitro benzene ring substituents is 1. The molecule has 2 N–H and O–H groups in total. The number of nitrogens with zero attached hydrogens (tertiary/aromatic N) is 2. The number of nitrogens with two attached hydrogens (primary N) is 1. The molecule has 0 aliphatic carbocycles. The highest BCUT2D eigenvalue weighted by molar-refractivity contribution is 7.89. The number of hydrogen-bond donors (Lipinski definition) is 1. The highest BCUT2D eigenvalue weighted by Gasteiger charge is 2.05. The lowest BCUT2D eigenvalue weighted by Gasteiger charge is -1.97. The fraction of sp³-hybridized carbons (Fsp3) is 0. The zero-order chi connectivity index (χ0) is 16.9. The molecule has 0 saturated heterocycles. The summed E-state index contributed by atoms with van der Waals surface area (Å²) in [6, 6.07) is 11.9. The summed E-state index contributed by atoms with van der Waals surface area (Å²) in [6.45, 7) is 0. The fourth-order valence-corrected chi connectivity index (χ4v) is 2.23. The lowest BCUT2D eigenvalue weighted by molar-refractivity contribution is -0.384. The Morgan fingerprint density at radius 1 is 1.04 bits per heavy atom. The molecule has 2 aromatic carbocycles. The van der Waals surface area contributed by atoms with Crippen molar-refractivity contribution in [3.05, 3.63) is 70.3 Å². The normalized spacial score (nSPS) is 12.0. The van der Waals surface area contributed by atoms with Crippen molar-refractivity contribution in [3.63, 3.8) is 0 Å². The van der Waals surface area contributed by atoms with Gasteiger partial charge in [0.15, 0.2) is 0 Å². The number of benzene rings is 2. The monoisotopic (exact) mass is 331 g/mol. The molecule has 0 atom stereocenters. The van der Waals surface area contributed by atoms with Crippen LogP contribution in [0.4, 0.5) is 11.4 Å². The summed E-state index contributed by atoms with van der Waals surface area (Å²) in [5, 5.41) is 15.5. The van der Waals surface area contributed by atoms with Gasteiger partial charge >= 0.3 is 0 Å². The average Bonchev–Trinajstić information content (AvgIpc) is 2.51. The zero-order valence-electron chi connectivity index (χ0n) is 11.9. The van der Waals surface area contributed by atoms with Crippen LogP contribution in [0.5, 0.6) is 0 Å². The van der Waals surface area contributed by atoms with Crippen molar-refractivity contribution in [2.75, 3.05) is 0 Å². The van der Waals surface area contributed by atoms with Crippen molar-refractivity contribution in [3.8, 4) is 0 Å². The summed E-state index contributed by atoms with van der Waals surface area (Å²) in [7, 11) is -3.70. The molecule has 0 amide bonds. The molecular formula is C15H13N3O4S. The van der Waals surface area contributed by atoms with Gasteiger partial charge in [0.05, 0.1) is 15.5 Å². The summed E-state index contributed by atoms with van der Waals surface area (Å²) in [5.74, 6) is 0. The molecule has 0 aliphatic rings. The van der Waals surface area contributed by atoms with Crippen LogP contribution in [-0.2, 0) is 10.0 Å². The van der Waals surface area contributed by atoms with Crippen LogP contribution in [0, 0.1) is 10.1 Å². The first-order chi connectivity index (χ1) is 10.9. The van der Waals surface area contributed by atoms with Gasteiger partial charge in [-0.25, -0.2) is 13.6 Å². The van der Waals surface area contributed by atoms with E-state index in [0.29, 0.717) is 5.69 Å². The van der Waals surface area contributed by atoms with Crippen molar-refractivity contribution in [1.29, 1.82) is 0 Å². The second-order valence-corrected chi connectivity index (χ2v) is 6.09. The topological polar surface area (TPSA) is 116 Å². The summed E-state index contributed by atoms with van der Waals surface area (Å²) >= 11 is 0. The molecule has 0 spiro atoms. The zero-order valence-corrected chi connectivity index (χ0v) is 12.7. The number of non-ortho nitro benzene ring substituents is 1. The maximum atomic E-state index is 11.1. The van der Waals surface area contributed by atoms with Gasteiger partial charge in [0.2, 0.25) is 10.0 Å². The summed E-state index contributed by atoms with van der Waals surface area (Å²) in [5.41, 5.74) is 1.41. The highest BCUT2D eigenvalue weighted by atomic mass is 32.2. The van der Waals surface area contributed by atoms with Gasteiger partial charge in [-0.15, -0.1) is 0 Å². The van der Waals surface area contributed by atoms with Gasteiger partial charge < -0.3 is 0 Å². The van der Waals surface area contributed by atoms with Crippen molar-refractivity contribution >= 4 is 33.7 Å². The first-order valence-corrected chi connectivity index (χ1v) is 7.99. The lowest BCUT2D eigenvalue weighted by Crippen LogP contribution is -2.11. The maximum Gasteiger partial charge on any atom is 0.269 e. The smallest absolute Gasteiger partial charge is 0.258 e. The van der Waals surface area contributed by atoms with E-state index in [0.717, 1.165) is 5.56 Å². The van der Waals surface area contributed by atoms with E-state index in [1.807, 2.05) is 0 Å². The molecule has 118 valence electrons. The Balaban J connectivity index is 2.02. The molecule has 0 fully saturated rings. The predicted octanol–water partition coefficient (Wildman–Crippen LogP) is 2.66. The van der Waals surface area contributed by atoms with E-state index in [2.05, 4.69) is 4.99 Å². The van der Waals surface area contributed by atoms with Gasteiger partial charge in [-0.05, 0) is 48.0 Å². The Morgan fingerprint density at radius 2 is 1.65 bits per heavy atom. The molecular weight excluding hydrogens is 318 g/mol. The van der Waals surface area contributed by atoms with E-state index in [4.69, 9.17) is 5.14 Å². The van der Waals surface area contributed by atoms with Crippen molar-refractivity contribution in [1.82, 2.24) is 0 Å². The van der Waals surface area contributed by atoms with Gasteiger partial charge in [-0.1, -0.05) is 6.08 Å². The number of allylic oxidation sites excluding steroid dienone is 1. The lowest BCUT2D eigenvalue weighted by atomic mass is 10.2. The molecule has 0 radical (unpaired) electrons. The second kappa shape index (κ2) is 6.95. The minimum Gasteiger partial charge on any atom is -0.258 e. The molecule has 0 unspecified atom stereocenters. The fourth-order valence-electron chi connectivity index (χ4n) is 1.71. The van der Waals surface area contributed by atoms with Crippen LogP contribution in [-0.4, -0.2) is 19.6 Å². The van der Waals surface area contributed by atoms with E-state index in [1.165, 1.54) is 42.6 Å². The largest absolute Gasteiger partial charge is 0.269 e. The molecule has 8 heteroatoms. The van der Waals surface area contributed by atoms with Crippen LogP contribution in [0.3, 0.4) is 0 Å². The first kappa shape index (κ1) is 16.5. The predicted molar refractivity (Wildman–Crippen MR) is 88.1 cm³/mol. The Labute approximate surface area is 133 Å². The van der Waals surface area contributed by atoms with Crippen LogP contribution in [0.2, 0.25) is 0 Å².